The van der Waals surface area contributed by atoms with Gasteiger partial charge in [-0.2, -0.15) is 0 Å². The first kappa shape index (κ1) is 21.1. The minimum Gasteiger partial charge on any atom is -0.493 e. The van der Waals surface area contributed by atoms with Crippen LogP contribution in [0.5, 0.6) is 11.5 Å². The Morgan fingerprint density at radius 2 is 1.77 bits per heavy atom. The van der Waals surface area contributed by atoms with Gasteiger partial charge >= 0.3 is 0 Å². The molecule has 0 aliphatic carbocycles. The molecular weight excluding hydrogens is 424 g/mol. The maximum Gasteiger partial charge on any atom is 0.257 e. The molecule has 1 aliphatic rings. The Morgan fingerprint density at radius 1 is 1.03 bits per heavy atom. The quantitative estimate of drug-likeness (QED) is 0.540. The molecule has 7 heteroatoms. The predicted octanol–water partition coefficient (Wildman–Crippen LogP) is 5.42. The first-order valence-electron chi connectivity index (χ1n) is 9.69. The molecule has 4 nitrogen and oxygen atoms in total. The molecular formula is C24H20ClF2NO3. The molecule has 1 aliphatic heterocycles. The average molecular weight is 444 g/mol. The summed E-state index contributed by atoms with van der Waals surface area (Å²) in [6.07, 6.45) is 0.523. The number of hydrogen-bond donors (Lipinski definition) is 0. The number of nitrogens with zero attached hydrogens (tertiary/aromatic N) is 1. The molecule has 0 N–H and O–H groups in total. The fourth-order valence-corrected chi connectivity index (χ4v) is 4.22. The third-order valence-electron chi connectivity index (χ3n) is 5.46. The highest BCUT2D eigenvalue weighted by Gasteiger charge is 2.35. The molecule has 3 aromatic rings. The highest BCUT2D eigenvalue weighted by atomic mass is 35.5. The molecule has 0 spiro atoms. The number of fused-ring (bicyclic) bond motifs is 1. The van der Waals surface area contributed by atoms with Crippen molar-refractivity contribution in [3.8, 4) is 11.5 Å². The first-order valence-corrected chi connectivity index (χ1v) is 10.1. The lowest BCUT2D eigenvalue weighted by Crippen LogP contribution is -2.41. The third kappa shape index (κ3) is 3.95. The predicted molar refractivity (Wildman–Crippen MR) is 114 cm³/mol. The number of hydrogen-bond acceptors (Lipinski definition) is 3. The van der Waals surface area contributed by atoms with Crippen molar-refractivity contribution >= 4 is 17.5 Å². The van der Waals surface area contributed by atoms with Crippen LogP contribution in [0.4, 0.5) is 8.78 Å². The Kier molecular flexibility index (Phi) is 5.83. The summed E-state index contributed by atoms with van der Waals surface area (Å²) in [5, 5.41) is 0.509. The van der Waals surface area contributed by atoms with Gasteiger partial charge in [0, 0.05) is 11.6 Å². The fourth-order valence-electron chi connectivity index (χ4n) is 4.02. The van der Waals surface area contributed by atoms with Crippen molar-refractivity contribution in [3.63, 3.8) is 0 Å². The normalized spacial score (nSPS) is 15.4. The van der Waals surface area contributed by atoms with Crippen LogP contribution in [0.1, 0.15) is 33.1 Å². The van der Waals surface area contributed by atoms with Gasteiger partial charge in [0.25, 0.3) is 5.91 Å². The van der Waals surface area contributed by atoms with Gasteiger partial charge in [-0.3, -0.25) is 4.79 Å². The van der Waals surface area contributed by atoms with E-state index in [0.717, 1.165) is 34.9 Å². The van der Waals surface area contributed by atoms with Crippen LogP contribution in [-0.4, -0.2) is 31.6 Å². The van der Waals surface area contributed by atoms with Crippen LogP contribution < -0.4 is 9.47 Å². The summed E-state index contributed by atoms with van der Waals surface area (Å²) in [6, 6.07) is 13.2. The SMILES string of the molecule is COc1cc2c(cc1OC)[C@H](c1cccc(Cl)c1)N(C(=O)c1cc(F)ccc1F)CC2. The largest absolute Gasteiger partial charge is 0.493 e. The Balaban J connectivity index is 1.88. The van der Waals surface area contributed by atoms with Crippen LogP contribution in [0.2, 0.25) is 5.02 Å². The Morgan fingerprint density at radius 3 is 2.48 bits per heavy atom. The van der Waals surface area contributed by atoms with Crippen molar-refractivity contribution < 1.29 is 23.0 Å². The van der Waals surface area contributed by atoms with E-state index in [-0.39, 0.29) is 5.56 Å². The van der Waals surface area contributed by atoms with Gasteiger partial charge in [-0.05, 0) is 65.6 Å². The van der Waals surface area contributed by atoms with Crippen molar-refractivity contribution in [2.24, 2.45) is 0 Å². The second-order valence-electron chi connectivity index (χ2n) is 7.24. The van der Waals surface area contributed by atoms with E-state index in [9.17, 15) is 13.6 Å². The summed E-state index contributed by atoms with van der Waals surface area (Å²) in [4.78, 5) is 14.9. The highest BCUT2D eigenvalue weighted by Crippen LogP contribution is 2.42. The molecule has 0 saturated heterocycles. The Hall–Kier alpha value is -3.12. The van der Waals surface area contributed by atoms with Crippen LogP contribution in [0, 0.1) is 11.6 Å². The van der Waals surface area contributed by atoms with Gasteiger partial charge in [-0.1, -0.05) is 23.7 Å². The zero-order valence-corrected chi connectivity index (χ0v) is 17.7. The van der Waals surface area contributed by atoms with Gasteiger partial charge < -0.3 is 14.4 Å². The molecule has 0 saturated carbocycles. The van der Waals surface area contributed by atoms with Crippen LogP contribution in [0.15, 0.2) is 54.6 Å². The summed E-state index contributed by atoms with van der Waals surface area (Å²) >= 11 is 6.23. The number of amides is 1. The topological polar surface area (TPSA) is 38.8 Å². The number of benzene rings is 3. The summed E-state index contributed by atoms with van der Waals surface area (Å²) < 4.78 is 39.1. The number of carbonyl (C=O) groups is 1. The number of methoxy groups -OCH3 is 2. The minimum atomic E-state index is -0.769. The van der Waals surface area contributed by atoms with E-state index in [1.807, 2.05) is 18.2 Å². The Bertz CT molecular complexity index is 1150. The molecule has 0 bridgehead atoms. The molecule has 1 heterocycles. The van der Waals surface area contributed by atoms with E-state index < -0.39 is 23.6 Å². The van der Waals surface area contributed by atoms with Crippen LogP contribution >= 0.6 is 11.6 Å². The molecule has 1 amide bonds. The average Bonchev–Trinajstić information content (AvgIpc) is 2.78. The van der Waals surface area contributed by atoms with E-state index in [1.54, 1.807) is 25.3 Å². The number of carbonyl (C=O) groups excluding carboxylic acids is 1. The standard InChI is InChI=1S/C24H20ClF2NO3/c1-30-21-11-14-8-9-28(24(29)19-12-17(26)6-7-20(19)27)23(18(14)13-22(21)31-2)15-4-3-5-16(25)10-15/h3-7,10-13,23H,8-9H2,1-2H3/t23-/m0/s1. The Labute approximate surface area is 184 Å². The summed E-state index contributed by atoms with van der Waals surface area (Å²) in [5.74, 6) is -0.939. The maximum atomic E-state index is 14.4. The summed E-state index contributed by atoms with van der Waals surface area (Å²) in [7, 11) is 3.09. The van der Waals surface area contributed by atoms with Crippen LogP contribution in [0.25, 0.3) is 0 Å². The lowest BCUT2D eigenvalue weighted by atomic mass is 9.87. The number of ether oxygens (including phenoxy) is 2. The molecule has 0 aromatic heterocycles. The third-order valence-corrected chi connectivity index (χ3v) is 5.69. The highest BCUT2D eigenvalue weighted by molar-refractivity contribution is 6.30. The van der Waals surface area contributed by atoms with Crippen LogP contribution in [-0.2, 0) is 6.42 Å². The van der Waals surface area contributed by atoms with Crippen molar-refractivity contribution in [2.45, 2.75) is 12.5 Å². The lowest BCUT2D eigenvalue weighted by Gasteiger charge is -2.38. The number of halogens is 3. The summed E-state index contributed by atoms with van der Waals surface area (Å²) in [5.41, 5.74) is 2.24. The summed E-state index contributed by atoms with van der Waals surface area (Å²) in [6.45, 7) is 0.314. The second kappa shape index (κ2) is 8.55. The van der Waals surface area contributed by atoms with Crippen molar-refractivity contribution in [3.05, 3.63) is 93.5 Å². The lowest BCUT2D eigenvalue weighted by molar-refractivity contribution is 0.0688. The van der Waals surface area contributed by atoms with Gasteiger partial charge in [-0.15, -0.1) is 0 Å². The molecule has 1 atom stereocenters. The van der Waals surface area contributed by atoms with Crippen molar-refractivity contribution in [2.75, 3.05) is 20.8 Å². The van der Waals surface area contributed by atoms with E-state index in [4.69, 9.17) is 21.1 Å². The van der Waals surface area contributed by atoms with E-state index in [2.05, 4.69) is 0 Å². The van der Waals surface area contributed by atoms with Gasteiger partial charge in [0.15, 0.2) is 11.5 Å². The fraction of sp³-hybridized carbons (Fsp3) is 0.208. The van der Waals surface area contributed by atoms with Crippen molar-refractivity contribution in [1.29, 1.82) is 0 Å². The van der Waals surface area contributed by atoms with Gasteiger partial charge in [0.05, 0.1) is 25.8 Å². The first-order chi connectivity index (χ1) is 14.9. The zero-order chi connectivity index (χ0) is 22.1. The van der Waals surface area contributed by atoms with E-state index >= 15 is 0 Å². The molecule has 31 heavy (non-hydrogen) atoms. The second-order valence-corrected chi connectivity index (χ2v) is 7.67. The minimum absolute atomic E-state index is 0.309. The van der Waals surface area contributed by atoms with E-state index in [0.29, 0.717) is 29.5 Å². The molecule has 0 unspecified atom stereocenters. The monoisotopic (exact) mass is 443 g/mol. The smallest absolute Gasteiger partial charge is 0.257 e. The zero-order valence-electron chi connectivity index (χ0n) is 17.0. The molecule has 0 radical (unpaired) electrons. The molecule has 3 aromatic carbocycles. The van der Waals surface area contributed by atoms with E-state index in [1.165, 1.54) is 12.0 Å². The number of rotatable bonds is 4. The maximum absolute atomic E-state index is 14.4. The molecule has 4 rings (SSSR count). The van der Waals surface area contributed by atoms with Crippen molar-refractivity contribution in [1.82, 2.24) is 4.90 Å². The van der Waals surface area contributed by atoms with Gasteiger partial charge in [0.2, 0.25) is 0 Å². The molecule has 0 fully saturated rings. The molecule has 160 valence electrons. The van der Waals surface area contributed by atoms with Gasteiger partial charge in [0.1, 0.15) is 11.6 Å². The van der Waals surface area contributed by atoms with Gasteiger partial charge in [-0.25, -0.2) is 8.78 Å². The van der Waals surface area contributed by atoms with Crippen LogP contribution in [0.3, 0.4) is 0 Å².